The van der Waals surface area contributed by atoms with Gasteiger partial charge in [0.1, 0.15) is 11.6 Å². The van der Waals surface area contributed by atoms with Crippen molar-refractivity contribution in [2.45, 2.75) is 12.8 Å². The highest BCUT2D eigenvalue weighted by Crippen LogP contribution is 2.23. The molecule has 0 unspecified atom stereocenters. The minimum Gasteiger partial charge on any atom is -0.406 e. The Balaban J connectivity index is 1.61. The van der Waals surface area contributed by atoms with Gasteiger partial charge < -0.3 is 14.6 Å². The number of rotatable bonds is 5. The van der Waals surface area contributed by atoms with Gasteiger partial charge in [0.05, 0.1) is 18.4 Å². The Morgan fingerprint density at radius 2 is 1.89 bits per heavy atom. The number of nitrogens with zero attached hydrogens (tertiary/aromatic N) is 2. The average molecular weight is 379 g/mol. The minimum atomic E-state index is -4.77. The molecule has 0 aliphatic carbocycles. The van der Waals surface area contributed by atoms with Gasteiger partial charge in [0.15, 0.2) is 0 Å². The van der Waals surface area contributed by atoms with Crippen molar-refractivity contribution in [2.24, 2.45) is 0 Å². The average Bonchev–Trinajstić information content (AvgIpc) is 3.09. The van der Waals surface area contributed by atoms with Crippen LogP contribution in [-0.4, -0.2) is 21.8 Å². The standard InChI is InChI=1S/C18H13F4N3O2/c19-15-10-13(3-6-16(15)25-8-7-23-11-25)24-17(26)9-12-1-4-14(5-2-12)27-18(20,21)22/h1-8,10-11H,9H2,(H,24,26). The lowest BCUT2D eigenvalue weighted by atomic mass is 10.1. The molecule has 2 aromatic carbocycles. The third-order valence-electron chi connectivity index (χ3n) is 3.54. The lowest BCUT2D eigenvalue weighted by molar-refractivity contribution is -0.274. The van der Waals surface area contributed by atoms with Gasteiger partial charge in [0.2, 0.25) is 5.91 Å². The topological polar surface area (TPSA) is 56.1 Å². The second kappa shape index (κ2) is 7.48. The Bertz CT molecular complexity index is 923. The first-order chi connectivity index (χ1) is 12.8. The third-order valence-corrected chi connectivity index (χ3v) is 3.54. The van der Waals surface area contributed by atoms with Crippen LogP contribution in [0.25, 0.3) is 5.69 Å². The van der Waals surface area contributed by atoms with Crippen molar-refractivity contribution < 1.29 is 27.1 Å². The smallest absolute Gasteiger partial charge is 0.406 e. The lowest BCUT2D eigenvalue weighted by Gasteiger charge is -2.10. The summed E-state index contributed by atoms with van der Waals surface area (Å²) in [5.74, 6) is -1.35. The Hall–Kier alpha value is -3.36. The maximum Gasteiger partial charge on any atom is 0.573 e. The van der Waals surface area contributed by atoms with Crippen molar-refractivity contribution in [1.29, 1.82) is 0 Å². The summed E-state index contributed by atoms with van der Waals surface area (Å²) in [6.45, 7) is 0. The number of hydrogen-bond acceptors (Lipinski definition) is 3. The number of anilines is 1. The van der Waals surface area contributed by atoms with Crippen LogP contribution in [0.3, 0.4) is 0 Å². The molecular weight excluding hydrogens is 366 g/mol. The number of benzene rings is 2. The molecule has 0 aliphatic heterocycles. The van der Waals surface area contributed by atoms with Crippen molar-refractivity contribution in [1.82, 2.24) is 9.55 Å². The third kappa shape index (κ3) is 5.06. The molecule has 0 spiro atoms. The number of carbonyl (C=O) groups is 1. The van der Waals surface area contributed by atoms with E-state index in [0.717, 1.165) is 12.1 Å². The number of carbonyl (C=O) groups excluding carboxylic acids is 1. The van der Waals surface area contributed by atoms with Crippen LogP contribution in [0.15, 0.2) is 61.2 Å². The van der Waals surface area contributed by atoms with Crippen molar-refractivity contribution in [3.8, 4) is 11.4 Å². The summed E-state index contributed by atoms with van der Waals surface area (Å²) in [4.78, 5) is 15.9. The zero-order valence-electron chi connectivity index (χ0n) is 13.7. The van der Waals surface area contributed by atoms with E-state index in [1.54, 1.807) is 6.20 Å². The highest BCUT2D eigenvalue weighted by atomic mass is 19.4. The number of alkyl halides is 3. The Labute approximate surface area is 151 Å². The van der Waals surface area contributed by atoms with E-state index in [9.17, 15) is 22.4 Å². The fourth-order valence-corrected chi connectivity index (χ4v) is 2.40. The molecule has 9 heteroatoms. The molecular formula is C18H13F4N3O2. The molecule has 3 aromatic rings. The number of ether oxygens (including phenoxy) is 1. The predicted molar refractivity (Wildman–Crippen MR) is 89.0 cm³/mol. The summed E-state index contributed by atoms with van der Waals surface area (Å²) in [5.41, 5.74) is 1.03. The van der Waals surface area contributed by atoms with Crippen LogP contribution in [0.2, 0.25) is 0 Å². The SMILES string of the molecule is O=C(Cc1ccc(OC(F)(F)F)cc1)Nc1ccc(-n2ccnc2)c(F)c1. The minimum absolute atomic E-state index is 0.0861. The fraction of sp³-hybridized carbons (Fsp3) is 0.111. The number of imidazole rings is 1. The first kappa shape index (κ1) is 18.4. The van der Waals surface area contributed by atoms with Crippen molar-refractivity contribution in [2.75, 3.05) is 5.32 Å². The number of amides is 1. The molecule has 140 valence electrons. The lowest BCUT2D eigenvalue weighted by Crippen LogP contribution is -2.17. The molecule has 0 atom stereocenters. The summed E-state index contributed by atoms with van der Waals surface area (Å²) in [6, 6.07) is 9.15. The van der Waals surface area contributed by atoms with E-state index in [-0.39, 0.29) is 23.5 Å². The van der Waals surface area contributed by atoms with E-state index in [1.165, 1.54) is 47.4 Å². The van der Waals surface area contributed by atoms with Crippen LogP contribution < -0.4 is 10.1 Å². The van der Waals surface area contributed by atoms with Gasteiger partial charge in [-0.2, -0.15) is 0 Å². The van der Waals surface area contributed by atoms with E-state index in [4.69, 9.17) is 0 Å². The summed E-state index contributed by atoms with van der Waals surface area (Å²) in [7, 11) is 0. The molecule has 1 N–H and O–H groups in total. The van der Waals surface area contributed by atoms with Crippen LogP contribution in [-0.2, 0) is 11.2 Å². The van der Waals surface area contributed by atoms with Gasteiger partial charge in [-0.05, 0) is 35.9 Å². The zero-order valence-corrected chi connectivity index (χ0v) is 13.7. The van der Waals surface area contributed by atoms with Gasteiger partial charge in [-0.3, -0.25) is 4.79 Å². The first-order valence-electron chi connectivity index (χ1n) is 7.72. The van der Waals surface area contributed by atoms with E-state index >= 15 is 0 Å². The van der Waals surface area contributed by atoms with Crippen LogP contribution >= 0.6 is 0 Å². The first-order valence-corrected chi connectivity index (χ1v) is 7.72. The monoisotopic (exact) mass is 379 g/mol. The highest BCUT2D eigenvalue weighted by molar-refractivity contribution is 5.92. The van der Waals surface area contributed by atoms with Crippen LogP contribution in [0.1, 0.15) is 5.56 Å². The molecule has 0 bridgehead atoms. The maximum atomic E-state index is 14.2. The number of hydrogen-bond donors (Lipinski definition) is 1. The van der Waals surface area contributed by atoms with Gasteiger partial charge in [-0.1, -0.05) is 12.1 Å². The molecule has 3 rings (SSSR count). The molecule has 27 heavy (non-hydrogen) atoms. The number of nitrogens with one attached hydrogen (secondary N) is 1. The second-order valence-electron chi connectivity index (χ2n) is 5.55. The molecule has 0 aliphatic rings. The summed E-state index contributed by atoms with van der Waals surface area (Å²) in [6.07, 6.45) is -0.311. The van der Waals surface area contributed by atoms with Crippen LogP contribution in [0.5, 0.6) is 5.75 Å². The summed E-state index contributed by atoms with van der Waals surface area (Å²) < 4.78 is 55.8. The van der Waals surface area contributed by atoms with Crippen molar-refractivity contribution >= 4 is 11.6 Å². The molecule has 5 nitrogen and oxygen atoms in total. The predicted octanol–water partition coefficient (Wildman–Crippen LogP) is 4.09. The van der Waals surface area contributed by atoms with Crippen molar-refractivity contribution in [3.05, 3.63) is 72.6 Å². The molecule has 0 radical (unpaired) electrons. The van der Waals surface area contributed by atoms with Gasteiger partial charge in [0.25, 0.3) is 0 Å². The molecule has 1 aromatic heterocycles. The highest BCUT2D eigenvalue weighted by Gasteiger charge is 2.30. The Morgan fingerprint density at radius 1 is 1.15 bits per heavy atom. The summed E-state index contributed by atoms with van der Waals surface area (Å²) in [5, 5.41) is 2.54. The Morgan fingerprint density at radius 3 is 2.48 bits per heavy atom. The van der Waals surface area contributed by atoms with Crippen LogP contribution in [0.4, 0.5) is 23.2 Å². The molecule has 0 fully saturated rings. The van der Waals surface area contributed by atoms with Gasteiger partial charge >= 0.3 is 6.36 Å². The summed E-state index contributed by atoms with van der Waals surface area (Å²) >= 11 is 0. The Kier molecular flexibility index (Phi) is 5.11. The number of halogens is 4. The largest absolute Gasteiger partial charge is 0.573 e. The molecule has 0 saturated heterocycles. The van der Waals surface area contributed by atoms with E-state index < -0.39 is 18.1 Å². The van der Waals surface area contributed by atoms with Gasteiger partial charge in [0, 0.05) is 18.1 Å². The van der Waals surface area contributed by atoms with Gasteiger partial charge in [-0.15, -0.1) is 13.2 Å². The zero-order chi connectivity index (χ0) is 19.4. The fourth-order valence-electron chi connectivity index (χ4n) is 2.40. The van der Waals surface area contributed by atoms with E-state index in [0.29, 0.717) is 5.56 Å². The van der Waals surface area contributed by atoms with Gasteiger partial charge in [-0.25, -0.2) is 9.37 Å². The quantitative estimate of drug-likeness (QED) is 0.680. The maximum absolute atomic E-state index is 14.2. The van der Waals surface area contributed by atoms with E-state index in [1.807, 2.05) is 0 Å². The molecule has 1 amide bonds. The van der Waals surface area contributed by atoms with E-state index in [2.05, 4.69) is 15.0 Å². The molecule has 1 heterocycles. The molecule has 0 saturated carbocycles. The normalized spacial score (nSPS) is 11.3. The van der Waals surface area contributed by atoms with Crippen LogP contribution in [0, 0.1) is 5.82 Å². The second-order valence-corrected chi connectivity index (χ2v) is 5.55. The number of aromatic nitrogens is 2. The van der Waals surface area contributed by atoms with Crippen molar-refractivity contribution in [3.63, 3.8) is 0 Å².